The molecule has 0 aromatic heterocycles. The minimum absolute atomic E-state index is 0.0700. The molecule has 1 fully saturated rings. The Balaban J connectivity index is 1.92. The van der Waals surface area contributed by atoms with E-state index in [0.29, 0.717) is 18.4 Å². The number of carbonyl (C=O) groups is 2. The summed E-state index contributed by atoms with van der Waals surface area (Å²) in [6.07, 6.45) is 2.16. The first-order valence-corrected chi connectivity index (χ1v) is 6.33. The minimum atomic E-state index is -0.867. The first-order chi connectivity index (χ1) is 9.06. The highest BCUT2D eigenvalue weighted by molar-refractivity contribution is 5.80. The van der Waals surface area contributed by atoms with Crippen LogP contribution >= 0.6 is 0 Å². The van der Waals surface area contributed by atoms with Gasteiger partial charge in [0, 0.05) is 6.04 Å². The zero-order chi connectivity index (χ0) is 13.8. The quantitative estimate of drug-likeness (QED) is 0.871. The van der Waals surface area contributed by atoms with Gasteiger partial charge in [0.15, 0.2) is 0 Å². The van der Waals surface area contributed by atoms with Crippen molar-refractivity contribution >= 4 is 11.9 Å². The van der Waals surface area contributed by atoms with Gasteiger partial charge in [0.25, 0.3) is 0 Å². The van der Waals surface area contributed by atoms with Crippen molar-refractivity contribution in [2.24, 2.45) is 5.92 Å². The number of hydrogen-bond donors (Lipinski definition) is 2. The van der Waals surface area contributed by atoms with Crippen molar-refractivity contribution in [3.05, 3.63) is 35.6 Å². The Labute approximate surface area is 110 Å². The number of carboxylic acid groups (broad SMARTS) is 1. The van der Waals surface area contributed by atoms with Gasteiger partial charge in [-0.05, 0) is 30.5 Å². The summed E-state index contributed by atoms with van der Waals surface area (Å²) in [4.78, 5) is 22.8. The summed E-state index contributed by atoms with van der Waals surface area (Å²) in [6, 6.07) is 5.54. The van der Waals surface area contributed by atoms with Gasteiger partial charge in [0.2, 0.25) is 5.91 Å². The number of hydrogen-bond acceptors (Lipinski definition) is 2. The van der Waals surface area contributed by atoms with E-state index in [4.69, 9.17) is 5.11 Å². The Hall–Kier alpha value is -1.91. The van der Waals surface area contributed by atoms with Crippen LogP contribution in [-0.2, 0) is 16.0 Å². The fourth-order valence-corrected chi connectivity index (χ4v) is 2.52. The largest absolute Gasteiger partial charge is 0.481 e. The summed E-state index contributed by atoms with van der Waals surface area (Å²) < 4.78 is 13.0. The maximum Gasteiger partial charge on any atom is 0.308 e. The van der Waals surface area contributed by atoms with Gasteiger partial charge in [-0.1, -0.05) is 18.6 Å². The summed E-state index contributed by atoms with van der Waals surface area (Å²) in [6.45, 7) is 0. The Bertz CT molecular complexity index is 489. The van der Waals surface area contributed by atoms with Gasteiger partial charge < -0.3 is 10.4 Å². The fraction of sp³-hybridized carbons (Fsp3) is 0.429. The minimum Gasteiger partial charge on any atom is -0.481 e. The van der Waals surface area contributed by atoms with Crippen molar-refractivity contribution in [3.8, 4) is 0 Å². The van der Waals surface area contributed by atoms with Crippen LogP contribution in [-0.4, -0.2) is 23.0 Å². The van der Waals surface area contributed by atoms with Crippen molar-refractivity contribution in [1.82, 2.24) is 5.32 Å². The van der Waals surface area contributed by atoms with Gasteiger partial charge in [0.1, 0.15) is 5.82 Å². The maximum absolute atomic E-state index is 13.0. The second-order valence-electron chi connectivity index (χ2n) is 4.86. The molecule has 1 amide bonds. The van der Waals surface area contributed by atoms with Crippen LogP contribution in [0.5, 0.6) is 0 Å². The molecule has 1 aromatic carbocycles. The van der Waals surface area contributed by atoms with Crippen LogP contribution in [0.4, 0.5) is 4.39 Å². The highest BCUT2D eigenvalue weighted by Crippen LogP contribution is 2.25. The normalized spacial score (nSPS) is 22.2. The van der Waals surface area contributed by atoms with Crippen molar-refractivity contribution < 1.29 is 19.1 Å². The van der Waals surface area contributed by atoms with Crippen LogP contribution in [0.1, 0.15) is 24.8 Å². The summed E-state index contributed by atoms with van der Waals surface area (Å²) in [5.74, 6) is -2.01. The lowest BCUT2D eigenvalue weighted by Gasteiger charge is -2.17. The highest BCUT2D eigenvalue weighted by Gasteiger charge is 2.33. The van der Waals surface area contributed by atoms with E-state index in [1.807, 2.05) is 0 Å². The summed E-state index contributed by atoms with van der Waals surface area (Å²) >= 11 is 0. The third-order valence-corrected chi connectivity index (χ3v) is 3.43. The monoisotopic (exact) mass is 265 g/mol. The molecule has 0 saturated heterocycles. The third kappa shape index (κ3) is 3.53. The first kappa shape index (κ1) is 13.5. The molecule has 0 aliphatic heterocycles. The van der Waals surface area contributed by atoms with Gasteiger partial charge in [-0.2, -0.15) is 0 Å². The molecule has 1 aliphatic rings. The molecule has 0 unspecified atom stereocenters. The molecule has 0 radical (unpaired) electrons. The number of rotatable bonds is 4. The number of carboxylic acids is 1. The lowest BCUT2D eigenvalue weighted by atomic mass is 10.0. The zero-order valence-corrected chi connectivity index (χ0v) is 10.4. The van der Waals surface area contributed by atoms with Gasteiger partial charge in [-0.15, -0.1) is 0 Å². The fourth-order valence-electron chi connectivity index (χ4n) is 2.52. The second kappa shape index (κ2) is 5.82. The summed E-state index contributed by atoms with van der Waals surface area (Å²) in [5, 5.41) is 11.8. The molecule has 0 bridgehead atoms. The van der Waals surface area contributed by atoms with E-state index < -0.39 is 11.9 Å². The number of halogens is 1. The molecule has 0 heterocycles. The molecule has 5 heteroatoms. The number of amides is 1. The Morgan fingerprint density at radius 3 is 2.84 bits per heavy atom. The summed E-state index contributed by atoms with van der Waals surface area (Å²) in [7, 11) is 0. The van der Waals surface area contributed by atoms with Crippen molar-refractivity contribution in [1.29, 1.82) is 0 Å². The molecule has 4 nitrogen and oxygen atoms in total. The molecular formula is C14H16FNO3. The van der Waals surface area contributed by atoms with Crippen LogP contribution < -0.4 is 5.32 Å². The topological polar surface area (TPSA) is 66.4 Å². The van der Waals surface area contributed by atoms with Crippen LogP contribution in [0.2, 0.25) is 0 Å². The number of nitrogens with one attached hydrogen (secondary N) is 1. The standard InChI is InChI=1S/C14H16FNO3/c15-10-4-1-3-9(7-10)8-13(17)16-12-6-2-5-11(12)14(18)19/h1,3-4,7,11-12H,2,5-6,8H2,(H,16,17)(H,18,19)/t11-,12+/m1/s1. The van der Waals surface area contributed by atoms with Gasteiger partial charge in [-0.3, -0.25) is 9.59 Å². The first-order valence-electron chi connectivity index (χ1n) is 6.33. The maximum atomic E-state index is 13.0. The molecule has 1 aliphatic carbocycles. The van der Waals surface area contributed by atoms with Crippen molar-refractivity contribution in [3.63, 3.8) is 0 Å². The van der Waals surface area contributed by atoms with E-state index in [1.165, 1.54) is 12.1 Å². The molecule has 2 N–H and O–H groups in total. The molecule has 2 rings (SSSR count). The highest BCUT2D eigenvalue weighted by atomic mass is 19.1. The average molecular weight is 265 g/mol. The van der Waals surface area contributed by atoms with Crippen LogP contribution in [0.15, 0.2) is 24.3 Å². The van der Waals surface area contributed by atoms with Crippen LogP contribution in [0.3, 0.4) is 0 Å². The zero-order valence-electron chi connectivity index (χ0n) is 10.4. The smallest absolute Gasteiger partial charge is 0.308 e. The van der Waals surface area contributed by atoms with E-state index in [-0.39, 0.29) is 24.2 Å². The van der Waals surface area contributed by atoms with Gasteiger partial charge >= 0.3 is 5.97 Å². The summed E-state index contributed by atoms with van der Waals surface area (Å²) in [5.41, 5.74) is 0.586. The van der Waals surface area contributed by atoms with E-state index in [0.717, 1.165) is 6.42 Å². The van der Waals surface area contributed by atoms with Crippen molar-refractivity contribution in [2.45, 2.75) is 31.7 Å². The number of benzene rings is 1. The predicted molar refractivity (Wildman–Crippen MR) is 67.0 cm³/mol. The van der Waals surface area contributed by atoms with Gasteiger partial charge in [-0.25, -0.2) is 4.39 Å². The van der Waals surface area contributed by atoms with E-state index in [2.05, 4.69) is 5.32 Å². The Kier molecular flexibility index (Phi) is 4.14. The second-order valence-corrected chi connectivity index (χ2v) is 4.86. The van der Waals surface area contributed by atoms with E-state index in [9.17, 15) is 14.0 Å². The third-order valence-electron chi connectivity index (χ3n) is 3.43. The molecule has 19 heavy (non-hydrogen) atoms. The molecule has 1 saturated carbocycles. The molecule has 2 atom stereocenters. The molecular weight excluding hydrogens is 249 g/mol. The van der Waals surface area contributed by atoms with Crippen LogP contribution in [0.25, 0.3) is 0 Å². The molecule has 102 valence electrons. The van der Waals surface area contributed by atoms with Gasteiger partial charge in [0.05, 0.1) is 12.3 Å². The molecule has 1 aromatic rings. The molecule has 0 spiro atoms. The average Bonchev–Trinajstić information content (AvgIpc) is 2.76. The van der Waals surface area contributed by atoms with Crippen LogP contribution in [0, 0.1) is 11.7 Å². The lowest BCUT2D eigenvalue weighted by molar-refractivity contribution is -0.142. The Morgan fingerprint density at radius 1 is 1.37 bits per heavy atom. The van der Waals surface area contributed by atoms with E-state index in [1.54, 1.807) is 12.1 Å². The predicted octanol–water partition coefficient (Wildman–Crippen LogP) is 1.74. The number of aliphatic carboxylic acids is 1. The number of carbonyl (C=O) groups excluding carboxylic acids is 1. The van der Waals surface area contributed by atoms with Crippen molar-refractivity contribution in [2.75, 3.05) is 0 Å². The Morgan fingerprint density at radius 2 is 2.16 bits per heavy atom. The van der Waals surface area contributed by atoms with E-state index >= 15 is 0 Å². The SMILES string of the molecule is O=C(Cc1cccc(F)c1)N[C@H]1CCC[C@H]1C(=O)O. The lowest BCUT2D eigenvalue weighted by Crippen LogP contribution is -2.40.